The SMILES string of the molecule is COc1ccc(Cl)cc1NC(=O)C1CCN(S(=O)(=O)c2cc(F)ccc2F)CC1. The minimum atomic E-state index is -4.19. The summed E-state index contributed by atoms with van der Waals surface area (Å²) >= 11 is 5.96. The average Bonchev–Trinajstić information content (AvgIpc) is 2.70. The quantitative estimate of drug-likeness (QED) is 0.763. The van der Waals surface area contributed by atoms with E-state index in [1.807, 2.05) is 0 Å². The smallest absolute Gasteiger partial charge is 0.246 e. The van der Waals surface area contributed by atoms with Gasteiger partial charge in [0.25, 0.3) is 0 Å². The minimum absolute atomic E-state index is 0.0169. The number of nitrogens with one attached hydrogen (secondary N) is 1. The first-order chi connectivity index (χ1) is 13.7. The molecule has 1 N–H and O–H groups in total. The third-order valence-corrected chi connectivity index (χ3v) is 6.90. The van der Waals surface area contributed by atoms with Gasteiger partial charge in [-0.3, -0.25) is 4.79 Å². The Morgan fingerprint density at radius 2 is 1.86 bits per heavy atom. The van der Waals surface area contributed by atoms with Gasteiger partial charge in [-0.05, 0) is 49.2 Å². The highest BCUT2D eigenvalue weighted by atomic mass is 35.5. The first-order valence-electron chi connectivity index (χ1n) is 8.82. The number of nitrogens with zero attached hydrogens (tertiary/aromatic N) is 1. The molecule has 1 fully saturated rings. The molecular weight excluding hydrogens is 426 g/mol. The Hall–Kier alpha value is -2.23. The summed E-state index contributed by atoms with van der Waals surface area (Å²) in [7, 11) is -2.72. The third-order valence-electron chi connectivity index (χ3n) is 4.76. The van der Waals surface area contributed by atoms with Gasteiger partial charge in [-0.15, -0.1) is 0 Å². The van der Waals surface area contributed by atoms with Crippen molar-refractivity contribution in [3.8, 4) is 5.75 Å². The molecule has 156 valence electrons. The van der Waals surface area contributed by atoms with Gasteiger partial charge in [-0.1, -0.05) is 11.6 Å². The van der Waals surface area contributed by atoms with E-state index in [1.54, 1.807) is 18.2 Å². The molecule has 0 unspecified atom stereocenters. The van der Waals surface area contributed by atoms with Crippen LogP contribution in [0.5, 0.6) is 5.75 Å². The van der Waals surface area contributed by atoms with E-state index in [-0.39, 0.29) is 31.8 Å². The molecule has 0 bridgehead atoms. The number of amides is 1. The Morgan fingerprint density at radius 1 is 1.17 bits per heavy atom. The average molecular weight is 445 g/mol. The predicted octanol–water partition coefficient (Wildman–Crippen LogP) is 3.67. The molecule has 1 aliphatic heterocycles. The van der Waals surface area contributed by atoms with Gasteiger partial charge in [0.05, 0.1) is 12.8 Å². The number of halogens is 3. The van der Waals surface area contributed by atoms with Crippen molar-refractivity contribution in [2.75, 3.05) is 25.5 Å². The Balaban J connectivity index is 1.68. The van der Waals surface area contributed by atoms with Gasteiger partial charge in [0.1, 0.15) is 22.3 Å². The van der Waals surface area contributed by atoms with Crippen LogP contribution in [-0.2, 0) is 14.8 Å². The van der Waals surface area contributed by atoms with Gasteiger partial charge in [0.2, 0.25) is 15.9 Å². The number of sulfonamides is 1. The van der Waals surface area contributed by atoms with E-state index in [9.17, 15) is 22.0 Å². The lowest BCUT2D eigenvalue weighted by atomic mass is 9.97. The molecule has 6 nitrogen and oxygen atoms in total. The second-order valence-corrected chi connectivity index (χ2v) is 8.93. The van der Waals surface area contributed by atoms with Crippen LogP contribution in [0.25, 0.3) is 0 Å². The maximum Gasteiger partial charge on any atom is 0.246 e. The van der Waals surface area contributed by atoms with Crippen molar-refractivity contribution in [1.29, 1.82) is 0 Å². The van der Waals surface area contributed by atoms with Crippen LogP contribution in [0.3, 0.4) is 0 Å². The fourth-order valence-electron chi connectivity index (χ4n) is 3.18. The van der Waals surface area contributed by atoms with Crippen LogP contribution in [0.2, 0.25) is 5.02 Å². The van der Waals surface area contributed by atoms with E-state index in [2.05, 4.69) is 5.32 Å². The van der Waals surface area contributed by atoms with Crippen molar-refractivity contribution in [3.05, 3.63) is 53.1 Å². The lowest BCUT2D eigenvalue weighted by Crippen LogP contribution is -2.41. The number of carbonyl (C=O) groups is 1. The number of hydrogen-bond acceptors (Lipinski definition) is 4. The Bertz CT molecular complexity index is 1020. The zero-order chi connectivity index (χ0) is 21.2. The molecule has 1 amide bonds. The lowest BCUT2D eigenvalue weighted by molar-refractivity contribution is -0.120. The van der Waals surface area contributed by atoms with Crippen LogP contribution < -0.4 is 10.1 Å². The Kier molecular flexibility index (Phi) is 6.40. The largest absolute Gasteiger partial charge is 0.495 e. The molecule has 10 heteroatoms. The zero-order valence-electron chi connectivity index (χ0n) is 15.5. The van der Waals surface area contributed by atoms with Crippen molar-refractivity contribution < 1.29 is 26.7 Å². The molecule has 0 radical (unpaired) electrons. The number of anilines is 1. The number of hydrogen-bond donors (Lipinski definition) is 1. The van der Waals surface area contributed by atoms with Gasteiger partial charge < -0.3 is 10.1 Å². The summed E-state index contributed by atoms with van der Waals surface area (Å²) in [5.41, 5.74) is 0.418. The number of ether oxygens (including phenoxy) is 1. The Labute approximate surface area is 172 Å². The Morgan fingerprint density at radius 3 is 2.52 bits per heavy atom. The maximum absolute atomic E-state index is 13.9. The first-order valence-corrected chi connectivity index (χ1v) is 10.6. The topological polar surface area (TPSA) is 75.7 Å². The van der Waals surface area contributed by atoms with Gasteiger partial charge >= 0.3 is 0 Å². The molecule has 0 spiro atoms. The third kappa shape index (κ3) is 4.68. The van der Waals surface area contributed by atoms with Gasteiger partial charge in [-0.25, -0.2) is 17.2 Å². The lowest BCUT2D eigenvalue weighted by Gasteiger charge is -2.30. The maximum atomic E-state index is 13.9. The van der Waals surface area contributed by atoms with E-state index < -0.39 is 32.5 Å². The molecule has 0 atom stereocenters. The molecule has 1 saturated heterocycles. The highest BCUT2D eigenvalue weighted by Gasteiger charge is 2.34. The molecule has 0 aliphatic carbocycles. The van der Waals surface area contributed by atoms with Crippen molar-refractivity contribution in [3.63, 3.8) is 0 Å². The fourth-order valence-corrected chi connectivity index (χ4v) is 4.90. The number of carbonyl (C=O) groups excluding carboxylic acids is 1. The molecule has 0 aromatic heterocycles. The minimum Gasteiger partial charge on any atom is -0.495 e. The highest BCUT2D eigenvalue weighted by Crippen LogP contribution is 2.30. The number of rotatable bonds is 5. The summed E-state index contributed by atoms with van der Waals surface area (Å²) in [4.78, 5) is 11.9. The molecule has 3 rings (SSSR count). The second kappa shape index (κ2) is 8.64. The summed E-state index contributed by atoms with van der Waals surface area (Å²) in [6.45, 7) is 0.0338. The van der Waals surface area contributed by atoms with Gasteiger partial charge in [0.15, 0.2) is 0 Å². The number of benzene rings is 2. The van der Waals surface area contributed by atoms with Crippen molar-refractivity contribution in [1.82, 2.24) is 4.31 Å². The second-order valence-electron chi connectivity index (χ2n) is 6.59. The molecule has 29 heavy (non-hydrogen) atoms. The van der Waals surface area contributed by atoms with E-state index in [0.717, 1.165) is 16.4 Å². The van der Waals surface area contributed by atoms with Crippen LogP contribution in [0, 0.1) is 17.6 Å². The van der Waals surface area contributed by atoms with E-state index in [4.69, 9.17) is 16.3 Å². The zero-order valence-corrected chi connectivity index (χ0v) is 17.1. The number of methoxy groups -OCH3 is 1. The highest BCUT2D eigenvalue weighted by molar-refractivity contribution is 7.89. The van der Waals surface area contributed by atoms with Crippen molar-refractivity contribution in [2.24, 2.45) is 5.92 Å². The van der Waals surface area contributed by atoms with Crippen molar-refractivity contribution >= 4 is 33.2 Å². The molecule has 0 saturated carbocycles. The number of piperidine rings is 1. The van der Waals surface area contributed by atoms with Crippen molar-refractivity contribution in [2.45, 2.75) is 17.7 Å². The summed E-state index contributed by atoms with van der Waals surface area (Å²) < 4.78 is 58.8. The van der Waals surface area contributed by atoms with Crippen LogP contribution in [0.1, 0.15) is 12.8 Å². The fraction of sp³-hybridized carbons (Fsp3) is 0.316. The molecule has 1 aliphatic rings. The normalized spacial score (nSPS) is 15.9. The van der Waals surface area contributed by atoms with Crippen LogP contribution in [0.4, 0.5) is 14.5 Å². The van der Waals surface area contributed by atoms with E-state index in [1.165, 1.54) is 7.11 Å². The van der Waals surface area contributed by atoms with Crippen LogP contribution in [-0.4, -0.2) is 38.8 Å². The van der Waals surface area contributed by atoms with E-state index in [0.29, 0.717) is 22.5 Å². The standard InChI is InChI=1S/C19H19ClF2N2O4S/c1-28-17-5-2-13(20)10-16(17)23-19(25)12-6-8-24(9-7-12)29(26,27)18-11-14(21)3-4-15(18)22/h2-5,10-12H,6-9H2,1H3,(H,23,25). The monoisotopic (exact) mass is 444 g/mol. The van der Waals surface area contributed by atoms with Crippen LogP contribution in [0.15, 0.2) is 41.3 Å². The summed E-state index contributed by atoms with van der Waals surface area (Å²) in [6.07, 6.45) is 0.482. The van der Waals surface area contributed by atoms with Crippen LogP contribution >= 0.6 is 11.6 Å². The van der Waals surface area contributed by atoms with Gasteiger partial charge in [0, 0.05) is 24.0 Å². The summed E-state index contributed by atoms with van der Waals surface area (Å²) in [5, 5.41) is 3.18. The predicted molar refractivity (Wildman–Crippen MR) is 104 cm³/mol. The summed E-state index contributed by atoms with van der Waals surface area (Å²) in [5.74, 6) is -2.14. The van der Waals surface area contributed by atoms with Gasteiger partial charge in [-0.2, -0.15) is 4.31 Å². The molecule has 1 heterocycles. The molecular formula is C19H19ClF2N2O4S. The van der Waals surface area contributed by atoms with E-state index >= 15 is 0 Å². The molecule has 2 aromatic rings. The summed E-state index contributed by atoms with van der Waals surface area (Å²) in [6, 6.07) is 7.11. The first kappa shape index (κ1) is 21.5. The molecule has 2 aromatic carbocycles.